The van der Waals surface area contributed by atoms with E-state index in [1.54, 1.807) is 51.1 Å². The molecule has 0 aliphatic heterocycles. The lowest BCUT2D eigenvalue weighted by Crippen LogP contribution is -2.32. The van der Waals surface area contributed by atoms with E-state index in [0.717, 1.165) is 10.8 Å². The third kappa shape index (κ3) is 7.08. The van der Waals surface area contributed by atoms with Crippen molar-refractivity contribution in [2.45, 2.75) is 50.3 Å². The minimum Gasteiger partial charge on any atom is -0.449 e. The second-order valence-corrected chi connectivity index (χ2v) is 11.5. The van der Waals surface area contributed by atoms with E-state index in [-0.39, 0.29) is 22.8 Å². The quantitative estimate of drug-likeness (QED) is 0.202. The Morgan fingerprint density at radius 3 is 2.20 bits per heavy atom. The number of sulfonamides is 1. The summed E-state index contributed by atoms with van der Waals surface area (Å²) >= 11 is 1.45. The van der Waals surface area contributed by atoms with Gasteiger partial charge in [0.15, 0.2) is 11.3 Å². The van der Waals surface area contributed by atoms with Crippen molar-refractivity contribution in [1.82, 2.24) is 24.7 Å². The van der Waals surface area contributed by atoms with E-state index in [0.29, 0.717) is 22.9 Å². The van der Waals surface area contributed by atoms with Crippen LogP contribution in [0.4, 0.5) is 11.6 Å². The van der Waals surface area contributed by atoms with Crippen molar-refractivity contribution in [1.29, 1.82) is 0 Å². The molecule has 0 saturated carbocycles. The number of nitrogens with one attached hydrogen (secondary N) is 2. The Labute approximate surface area is 242 Å². The predicted octanol–water partition coefficient (Wildman–Crippen LogP) is 4.08. The Bertz CT molecular complexity index is 1650. The number of ether oxygens (including phenoxy) is 1. The number of thioether (sulfide) groups is 1. The molecule has 12 nitrogen and oxygen atoms in total. The van der Waals surface area contributed by atoms with Crippen molar-refractivity contribution < 1.29 is 22.7 Å². The molecule has 0 aliphatic carbocycles. The molecule has 0 spiro atoms. The molecule has 2 heterocycles. The number of aryl methyl sites for hydroxylation is 3. The normalized spacial score (nSPS) is 12.0. The predicted molar refractivity (Wildman–Crippen MR) is 155 cm³/mol. The first kappa shape index (κ1) is 29.7. The van der Waals surface area contributed by atoms with Gasteiger partial charge in [0.2, 0.25) is 5.95 Å². The van der Waals surface area contributed by atoms with E-state index < -0.39 is 28.0 Å². The smallest absolute Gasteiger partial charge is 0.338 e. The molecular formula is C27H29N7O5S2. The zero-order chi connectivity index (χ0) is 29.7. The van der Waals surface area contributed by atoms with Crippen LogP contribution < -0.4 is 10.0 Å². The van der Waals surface area contributed by atoms with Crippen LogP contribution in [0.1, 0.15) is 40.9 Å². The number of amides is 1. The molecule has 214 valence electrons. The SMILES string of the molecule is CCC(OC(=O)c1ccc(-n2c(C)nnc2SC)cc1)C(=O)Nc1ccc(S(=O)(=O)Nc2nc(C)cc(C)n2)cc1. The fourth-order valence-electron chi connectivity index (χ4n) is 3.93. The van der Waals surface area contributed by atoms with Gasteiger partial charge < -0.3 is 10.1 Å². The first-order valence-corrected chi connectivity index (χ1v) is 15.2. The average Bonchev–Trinajstić information content (AvgIpc) is 3.31. The van der Waals surface area contributed by atoms with E-state index in [9.17, 15) is 18.0 Å². The average molecular weight is 596 g/mol. The molecule has 14 heteroatoms. The van der Waals surface area contributed by atoms with Crippen LogP contribution in [0, 0.1) is 20.8 Å². The Morgan fingerprint density at radius 2 is 1.61 bits per heavy atom. The largest absolute Gasteiger partial charge is 0.449 e. The van der Waals surface area contributed by atoms with Crippen molar-refractivity contribution in [2.75, 3.05) is 16.3 Å². The van der Waals surface area contributed by atoms with Gasteiger partial charge >= 0.3 is 5.97 Å². The molecule has 0 radical (unpaired) electrons. The molecule has 0 fully saturated rings. The van der Waals surface area contributed by atoms with Crippen LogP contribution in [0.5, 0.6) is 0 Å². The number of carbonyl (C=O) groups is 2. The standard InChI is InChI=1S/C27H29N7O5S2/c1-6-23(39-25(36)19-7-11-21(12-8-19)34-18(4)31-32-27(34)40-5)24(35)30-20-9-13-22(14-10-20)41(37,38)33-26-28-16(2)15-17(3)29-26/h7-15,23H,6H2,1-5H3,(H,30,35)(H,28,29,33). The highest BCUT2D eigenvalue weighted by Crippen LogP contribution is 2.21. The zero-order valence-electron chi connectivity index (χ0n) is 23.1. The van der Waals surface area contributed by atoms with E-state index >= 15 is 0 Å². The Hall–Kier alpha value is -4.30. The minimum absolute atomic E-state index is 0.0271. The van der Waals surface area contributed by atoms with Gasteiger partial charge in [-0.05, 0) is 88.0 Å². The van der Waals surface area contributed by atoms with Crippen LogP contribution in [0.2, 0.25) is 0 Å². The lowest BCUT2D eigenvalue weighted by atomic mass is 10.2. The van der Waals surface area contributed by atoms with Crippen molar-refractivity contribution in [2.24, 2.45) is 0 Å². The molecule has 4 aromatic rings. The highest BCUT2D eigenvalue weighted by atomic mass is 32.2. The molecule has 2 aromatic heterocycles. The van der Waals surface area contributed by atoms with E-state index in [4.69, 9.17) is 4.74 Å². The van der Waals surface area contributed by atoms with Gasteiger partial charge in [0.1, 0.15) is 5.82 Å². The summed E-state index contributed by atoms with van der Waals surface area (Å²) in [7, 11) is -3.95. The summed E-state index contributed by atoms with van der Waals surface area (Å²) in [6.07, 6.45) is 1.08. The van der Waals surface area contributed by atoms with Crippen molar-refractivity contribution >= 4 is 45.3 Å². The van der Waals surface area contributed by atoms with Crippen LogP contribution >= 0.6 is 11.8 Å². The highest BCUT2D eigenvalue weighted by Gasteiger charge is 2.23. The molecule has 1 atom stereocenters. The van der Waals surface area contributed by atoms with Gasteiger partial charge in [0.05, 0.1) is 10.5 Å². The monoisotopic (exact) mass is 595 g/mol. The van der Waals surface area contributed by atoms with Gasteiger partial charge in [-0.2, -0.15) is 0 Å². The van der Waals surface area contributed by atoms with Gasteiger partial charge in [-0.1, -0.05) is 18.7 Å². The van der Waals surface area contributed by atoms with Gasteiger partial charge in [0, 0.05) is 22.8 Å². The summed E-state index contributed by atoms with van der Waals surface area (Å²) in [4.78, 5) is 33.8. The fourth-order valence-corrected chi connectivity index (χ4v) is 5.42. The maximum absolute atomic E-state index is 12.9. The van der Waals surface area contributed by atoms with Gasteiger partial charge in [-0.25, -0.2) is 27.9 Å². The number of aromatic nitrogens is 5. The molecule has 0 bridgehead atoms. The number of benzene rings is 2. The van der Waals surface area contributed by atoms with Crippen LogP contribution in [-0.2, 0) is 19.6 Å². The van der Waals surface area contributed by atoms with Crippen molar-refractivity contribution in [3.8, 4) is 5.69 Å². The lowest BCUT2D eigenvalue weighted by Gasteiger charge is -2.16. The molecule has 1 unspecified atom stereocenters. The Balaban J connectivity index is 1.39. The van der Waals surface area contributed by atoms with Crippen LogP contribution in [0.25, 0.3) is 5.69 Å². The van der Waals surface area contributed by atoms with Gasteiger partial charge in [-0.15, -0.1) is 10.2 Å². The Kier molecular flexibility index (Phi) is 9.03. The number of nitrogens with zero attached hydrogens (tertiary/aromatic N) is 5. The van der Waals surface area contributed by atoms with Crippen LogP contribution in [0.3, 0.4) is 0 Å². The minimum atomic E-state index is -3.95. The number of esters is 1. The summed E-state index contributed by atoms with van der Waals surface area (Å²) in [6.45, 7) is 7.03. The van der Waals surface area contributed by atoms with Crippen LogP contribution in [0.15, 0.2) is 64.6 Å². The van der Waals surface area contributed by atoms with E-state index in [1.807, 2.05) is 17.7 Å². The molecular weight excluding hydrogens is 566 g/mol. The molecule has 2 aromatic carbocycles. The summed E-state index contributed by atoms with van der Waals surface area (Å²) in [6, 6.07) is 14.0. The summed E-state index contributed by atoms with van der Waals surface area (Å²) in [5.41, 5.74) is 2.67. The van der Waals surface area contributed by atoms with Gasteiger partial charge in [0.25, 0.3) is 15.9 Å². The molecule has 0 aliphatic rings. The van der Waals surface area contributed by atoms with Gasteiger partial charge in [-0.3, -0.25) is 9.36 Å². The third-order valence-electron chi connectivity index (χ3n) is 5.89. The second kappa shape index (κ2) is 12.5. The number of anilines is 2. The maximum Gasteiger partial charge on any atom is 0.338 e. The molecule has 1 amide bonds. The summed E-state index contributed by atoms with van der Waals surface area (Å²) in [5, 5.41) is 11.6. The van der Waals surface area contributed by atoms with E-state index in [2.05, 4.69) is 30.2 Å². The van der Waals surface area contributed by atoms with Crippen LogP contribution in [-0.4, -0.2) is 57.4 Å². The first-order valence-electron chi connectivity index (χ1n) is 12.5. The van der Waals surface area contributed by atoms with Crippen molar-refractivity contribution in [3.63, 3.8) is 0 Å². The second-order valence-electron chi connectivity index (χ2n) is 9.01. The maximum atomic E-state index is 12.9. The zero-order valence-corrected chi connectivity index (χ0v) is 24.7. The summed E-state index contributed by atoms with van der Waals surface area (Å²) < 4.78 is 35.2. The first-order chi connectivity index (χ1) is 19.5. The number of rotatable bonds is 10. The topological polar surface area (TPSA) is 158 Å². The molecule has 0 saturated heterocycles. The summed E-state index contributed by atoms with van der Waals surface area (Å²) in [5.74, 6) is -0.504. The lowest BCUT2D eigenvalue weighted by molar-refractivity contribution is -0.124. The molecule has 4 rings (SSSR count). The fraction of sp³-hybridized carbons (Fsp3) is 0.259. The number of carbonyl (C=O) groups excluding carboxylic acids is 2. The third-order valence-corrected chi connectivity index (χ3v) is 7.86. The molecule has 41 heavy (non-hydrogen) atoms. The Morgan fingerprint density at radius 1 is 0.976 bits per heavy atom. The number of hydrogen-bond acceptors (Lipinski definition) is 10. The highest BCUT2D eigenvalue weighted by molar-refractivity contribution is 7.98. The van der Waals surface area contributed by atoms with Crippen molar-refractivity contribution in [3.05, 3.63) is 77.4 Å². The van der Waals surface area contributed by atoms with E-state index in [1.165, 1.54) is 36.0 Å². The number of hydrogen-bond donors (Lipinski definition) is 2. The molecule has 2 N–H and O–H groups in total.